The molecule has 0 amide bonds. The first-order chi connectivity index (χ1) is 16.3. The van der Waals surface area contributed by atoms with Crippen molar-refractivity contribution in [3.05, 3.63) is 97.5 Å². The number of nitro benzene ring substituents is 1. The molecular weight excluding hydrogens is 498 g/mol. The molecule has 7 nitrogen and oxygen atoms in total. The van der Waals surface area contributed by atoms with Crippen molar-refractivity contribution in [1.29, 1.82) is 5.26 Å². The van der Waals surface area contributed by atoms with Gasteiger partial charge in [0.1, 0.15) is 17.4 Å². The van der Waals surface area contributed by atoms with E-state index < -0.39 is 16.4 Å². The summed E-state index contributed by atoms with van der Waals surface area (Å²) in [6, 6.07) is 20.3. The van der Waals surface area contributed by atoms with Crippen LogP contribution in [0.5, 0.6) is 5.75 Å². The molecule has 3 aromatic carbocycles. The number of nitriles is 1. The number of benzene rings is 3. The number of hydrogen-bond acceptors (Lipinski definition) is 6. The molecule has 0 aliphatic carbocycles. The fraction of sp³-hybridized carbons (Fsp3) is 0.0769. The Morgan fingerprint density at radius 1 is 1.06 bits per heavy atom. The fourth-order valence-corrected chi connectivity index (χ4v) is 3.95. The van der Waals surface area contributed by atoms with Gasteiger partial charge in [-0.3, -0.25) is 10.1 Å². The zero-order chi connectivity index (χ0) is 24.4. The Kier molecular flexibility index (Phi) is 6.30. The number of halogens is 1. The molecule has 168 valence electrons. The van der Waals surface area contributed by atoms with Crippen LogP contribution in [0, 0.1) is 35.3 Å². The third-order valence-electron chi connectivity index (χ3n) is 5.26. The molecule has 0 unspecified atom stereocenters. The summed E-state index contributed by atoms with van der Waals surface area (Å²) in [5.74, 6) is -0.00722. The Hall–Kier alpha value is -4.22. The van der Waals surface area contributed by atoms with E-state index >= 15 is 0 Å². The van der Waals surface area contributed by atoms with Crippen molar-refractivity contribution in [1.82, 2.24) is 0 Å². The first-order valence-corrected chi connectivity index (χ1v) is 11.0. The van der Waals surface area contributed by atoms with Gasteiger partial charge < -0.3 is 9.52 Å². The average molecular weight is 516 g/mol. The lowest BCUT2D eigenvalue weighted by Gasteiger charge is -2.05. The minimum absolute atomic E-state index is 0.0377. The summed E-state index contributed by atoms with van der Waals surface area (Å²) in [6.07, 6.45) is 1.24. The Balaban J connectivity index is 1.90. The second-order valence-corrected chi connectivity index (χ2v) is 8.62. The summed E-state index contributed by atoms with van der Waals surface area (Å²) < 4.78 is 6.47. The maximum atomic E-state index is 11.2. The molecule has 0 aliphatic rings. The Morgan fingerprint density at radius 3 is 2.21 bits per heavy atom. The molecule has 0 saturated carbocycles. The smallest absolute Gasteiger partial charge is 0.312 e. The van der Waals surface area contributed by atoms with E-state index in [4.69, 9.17) is 4.42 Å². The number of aryl methyl sites for hydroxylation is 2. The minimum atomic E-state index is -0.684. The highest BCUT2D eigenvalue weighted by Crippen LogP contribution is 2.43. The van der Waals surface area contributed by atoms with Crippen LogP contribution in [0.25, 0.3) is 22.5 Å². The van der Waals surface area contributed by atoms with E-state index in [9.17, 15) is 20.5 Å². The number of rotatable bonds is 5. The SMILES string of the molecule is Cc1ccc(-c2oc(N=Cc3cc(Br)cc([N+](=O)[O-])c3O)c(C#N)c2-c2ccc(C)cc2)cc1. The van der Waals surface area contributed by atoms with Gasteiger partial charge in [-0.15, -0.1) is 0 Å². The summed E-state index contributed by atoms with van der Waals surface area (Å²) in [6.45, 7) is 3.96. The third kappa shape index (κ3) is 4.47. The first-order valence-electron chi connectivity index (χ1n) is 10.2. The molecule has 0 bridgehead atoms. The first kappa shape index (κ1) is 23.0. The van der Waals surface area contributed by atoms with Crippen molar-refractivity contribution >= 4 is 33.7 Å². The predicted molar refractivity (Wildman–Crippen MR) is 133 cm³/mol. The van der Waals surface area contributed by atoms with Gasteiger partial charge >= 0.3 is 5.69 Å². The van der Waals surface area contributed by atoms with E-state index in [1.54, 1.807) is 0 Å². The molecule has 4 rings (SSSR count). The standard InChI is InChI=1S/C26H18BrN3O4/c1-15-3-7-17(8-4-15)23-21(13-28)26(34-25(23)18-9-5-16(2)6-10-18)29-14-19-11-20(27)12-22(24(19)31)30(32)33/h3-12,14,31H,1-2H3. The van der Waals surface area contributed by atoms with Crippen LogP contribution in [0.1, 0.15) is 22.3 Å². The normalized spacial score (nSPS) is 11.0. The molecule has 0 fully saturated rings. The van der Waals surface area contributed by atoms with Crippen molar-refractivity contribution in [2.24, 2.45) is 4.99 Å². The maximum Gasteiger partial charge on any atom is 0.312 e. The molecule has 8 heteroatoms. The monoisotopic (exact) mass is 515 g/mol. The molecular formula is C26H18BrN3O4. The fourth-order valence-electron chi connectivity index (χ4n) is 3.49. The van der Waals surface area contributed by atoms with Crippen molar-refractivity contribution < 1.29 is 14.4 Å². The Labute approximate surface area is 203 Å². The van der Waals surface area contributed by atoms with E-state index in [1.807, 2.05) is 62.4 Å². The molecule has 0 spiro atoms. The van der Waals surface area contributed by atoms with Crippen LogP contribution >= 0.6 is 15.9 Å². The number of phenols is 1. The van der Waals surface area contributed by atoms with Crippen molar-refractivity contribution in [3.8, 4) is 34.3 Å². The van der Waals surface area contributed by atoms with E-state index in [1.165, 1.54) is 18.3 Å². The molecule has 0 aliphatic heterocycles. The summed E-state index contributed by atoms with van der Waals surface area (Å²) >= 11 is 3.21. The van der Waals surface area contributed by atoms with Crippen LogP contribution in [-0.4, -0.2) is 16.2 Å². The van der Waals surface area contributed by atoms with Gasteiger partial charge in [0.15, 0.2) is 0 Å². The number of phenolic OH excluding ortho intramolecular Hbond substituents is 1. The lowest BCUT2D eigenvalue weighted by Crippen LogP contribution is -1.92. The lowest BCUT2D eigenvalue weighted by molar-refractivity contribution is -0.385. The van der Waals surface area contributed by atoms with Crippen LogP contribution in [0.2, 0.25) is 0 Å². The highest BCUT2D eigenvalue weighted by molar-refractivity contribution is 9.10. The predicted octanol–water partition coefficient (Wildman–Crippen LogP) is 7.23. The molecule has 0 radical (unpaired) electrons. The maximum absolute atomic E-state index is 11.2. The van der Waals surface area contributed by atoms with Crippen molar-refractivity contribution in [2.75, 3.05) is 0 Å². The van der Waals surface area contributed by atoms with Crippen LogP contribution in [0.4, 0.5) is 11.6 Å². The summed E-state index contributed by atoms with van der Waals surface area (Å²) in [7, 11) is 0. The number of aliphatic imine (C=N–C) groups is 1. The molecule has 1 heterocycles. The summed E-state index contributed by atoms with van der Waals surface area (Å²) in [5.41, 5.74) is 4.20. The van der Waals surface area contributed by atoms with Gasteiger partial charge in [0.05, 0.1) is 4.92 Å². The van der Waals surface area contributed by atoms with Crippen LogP contribution in [0.3, 0.4) is 0 Å². The number of nitrogens with zero attached hydrogens (tertiary/aromatic N) is 3. The molecule has 4 aromatic rings. The van der Waals surface area contributed by atoms with E-state index in [0.29, 0.717) is 15.8 Å². The minimum Gasteiger partial charge on any atom is -0.502 e. The van der Waals surface area contributed by atoms with E-state index in [-0.39, 0.29) is 17.0 Å². The quantitative estimate of drug-likeness (QED) is 0.171. The second kappa shape index (κ2) is 9.33. The lowest BCUT2D eigenvalue weighted by atomic mass is 9.97. The van der Waals surface area contributed by atoms with Gasteiger partial charge in [-0.05, 0) is 25.5 Å². The number of aromatic hydroxyl groups is 1. The molecule has 0 atom stereocenters. The largest absolute Gasteiger partial charge is 0.502 e. The van der Waals surface area contributed by atoms with Crippen molar-refractivity contribution in [2.45, 2.75) is 13.8 Å². The molecule has 0 saturated heterocycles. The van der Waals surface area contributed by atoms with Gasteiger partial charge in [-0.2, -0.15) is 5.26 Å². The average Bonchev–Trinajstić information content (AvgIpc) is 3.18. The topological polar surface area (TPSA) is 113 Å². The Morgan fingerprint density at radius 2 is 1.65 bits per heavy atom. The zero-order valence-electron chi connectivity index (χ0n) is 18.2. The van der Waals surface area contributed by atoms with Crippen LogP contribution in [-0.2, 0) is 0 Å². The number of nitro groups is 1. The van der Waals surface area contributed by atoms with E-state index in [0.717, 1.165) is 22.3 Å². The highest BCUT2D eigenvalue weighted by atomic mass is 79.9. The van der Waals surface area contributed by atoms with Gasteiger partial charge in [0.2, 0.25) is 11.6 Å². The molecule has 1 aromatic heterocycles. The van der Waals surface area contributed by atoms with Gasteiger partial charge in [0, 0.05) is 33.4 Å². The summed E-state index contributed by atoms with van der Waals surface area (Å²) in [5, 5.41) is 31.5. The van der Waals surface area contributed by atoms with E-state index in [2.05, 4.69) is 27.0 Å². The molecule has 34 heavy (non-hydrogen) atoms. The van der Waals surface area contributed by atoms with Crippen LogP contribution < -0.4 is 0 Å². The Bertz CT molecular complexity index is 1460. The van der Waals surface area contributed by atoms with Crippen LogP contribution in [0.15, 0.2) is 74.5 Å². The van der Waals surface area contributed by atoms with Gasteiger partial charge in [-0.25, -0.2) is 4.99 Å². The van der Waals surface area contributed by atoms with Crippen molar-refractivity contribution in [3.63, 3.8) is 0 Å². The second-order valence-electron chi connectivity index (χ2n) is 7.71. The number of hydrogen-bond donors (Lipinski definition) is 1. The van der Waals surface area contributed by atoms with Gasteiger partial charge in [-0.1, -0.05) is 75.6 Å². The molecule has 1 N–H and O–H groups in total. The third-order valence-corrected chi connectivity index (χ3v) is 5.71. The highest BCUT2D eigenvalue weighted by Gasteiger charge is 2.23. The number of furan rings is 1. The summed E-state index contributed by atoms with van der Waals surface area (Å²) in [4.78, 5) is 14.8. The zero-order valence-corrected chi connectivity index (χ0v) is 19.8. The van der Waals surface area contributed by atoms with Gasteiger partial charge in [0.25, 0.3) is 0 Å².